The van der Waals surface area contributed by atoms with Crippen molar-refractivity contribution in [3.63, 3.8) is 0 Å². The topological polar surface area (TPSA) is 81.2 Å². The lowest BCUT2D eigenvalue weighted by Crippen LogP contribution is -2.10. The second-order valence-corrected chi connectivity index (χ2v) is 9.13. The quantitative estimate of drug-likeness (QED) is 0.437. The molecule has 0 bridgehead atoms. The van der Waals surface area contributed by atoms with E-state index in [1.54, 1.807) is 0 Å². The summed E-state index contributed by atoms with van der Waals surface area (Å²) in [6.45, 7) is 6.56. The Hall–Kier alpha value is -3.32. The molecule has 158 valence electrons. The molecular weight excluding hydrogens is 410 g/mol. The summed E-state index contributed by atoms with van der Waals surface area (Å²) >= 11 is 1.41. The fraction of sp³-hybridized carbons (Fsp3) is 0.208. The van der Waals surface area contributed by atoms with Crippen molar-refractivity contribution in [1.82, 2.24) is 14.8 Å². The molecular formula is C24H23N3O3S. The van der Waals surface area contributed by atoms with Crippen LogP contribution in [-0.4, -0.2) is 19.9 Å². The Morgan fingerprint density at radius 3 is 2.39 bits per heavy atom. The van der Waals surface area contributed by atoms with Gasteiger partial charge in [-0.05, 0) is 23.1 Å². The van der Waals surface area contributed by atoms with Gasteiger partial charge in [-0.25, -0.2) is 0 Å². The van der Waals surface area contributed by atoms with Gasteiger partial charge in [-0.1, -0.05) is 75.0 Å². The molecule has 0 spiro atoms. The first-order valence-corrected chi connectivity index (χ1v) is 10.9. The molecule has 0 aliphatic rings. The van der Waals surface area contributed by atoms with Gasteiger partial charge in [-0.2, -0.15) is 0 Å². The molecule has 0 radical (unpaired) electrons. The van der Waals surface area contributed by atoms with Gasteiger partial charge in [0.15, 0.2) is 16.7 Å². The highest BCUT2D eigenvalue weighted by Crippen LogP contribution is 2.31. The third-order valence-corrected chi connectivity index (χ3v) is 5.82. The van der Waals surface area contributed by atoms with Crippen molar-refractivity contribution in [2.45, 2.75) is 37.1 Å². The average molecular weight is 434 g/mol. The summed E-state index contributed by atoms with van der Waals surface area (Å²) in [4.78, 5) is 11.7. The zero-order valence-corrected chi connectivity index (χ0v) is 18.4. The first kappa shape index (κ1) is 20.9. The minimum atomic E-state index is -0.467. The fourth-order valence-electron chi connectivity index (χ4n) is 3.13. The summed E-state index contributed by atoms with van der Waals surface area (Å²) in [6, 6.07) is 19.6. The van der Waals surface area contributed by atoms with E-state index < -0.39 is 11.2 Å². The van der Waals surface area contributed by atoms with Crippen molar-refractivity contribution in [2.24, 2.45) is 0 Å². The molecule has 0 fully saturated rings. The molecule has 1 N–H and O–H groups in total. The van der Waals surface area contributed by atoms with Crippen LogP contribution in [0.15, 0.2) is 81.3 Å². The molecule has 0 atom stereocenters. The van der Waals surface area contributed by atoms with E-state index in [2.05, 4.69) is 55.2 Å². The summed E-state index contributed by atoms with van der Waals surface area (Å²) in [5.74, 6) is 1.17. The van der Waals surface area contributed by atoms with E-state index in [0.29, 0.717) is 16.7 Å². The van der Waals surface area contributed by atoms with Gasteiger partial charge in [-0.3, -0.25) is 9.36 Å². The van der Waals surface area contributed by atoms with Crippen LogP contribution < -0.4 is 5.43 Å². The Morgan fingerprint density at radius 2 is 1.74 bits per heavy atom. The highest BCUT2D eigenvalue weighted by Gasteiger charge is 2.18. The lowest BCUT2D eigenvalue weighted by Gasteiger charge is -2.19. The third kappa shape index (κ3) is 4.56. The minimum absolute atomic E-state index is 0.0701. The zero-order chi connectivity index (χ0) is 22.0. The lowest BCUT2D eigenvalue weighted by atomic mass is 9.87. The number of hydrogen-bond acceptors (Lipinski definition) is 6. The number of rotatable bonds is 5. The summed E-state index contributed by atoms with van der Waals surface area (Å²) < 4.78 is 7.31. The molecule has 2 aromatic carbocycles. The Morgan fingerprint density at radius 1 is 1.03 bits per heavy atom. The molecule has 0 aliphatic heterocycles. The number of thioether (sulfide) groups is 1. The lowest BCUT2D eigenvalue weighted by molar-refractivity contribution is 0.419. The number of aromatic hydroxyl groups is 1. The first-order chi connectivity index (χ1) is 14.8. The molecule has 7 heteroatoms. The molecule has 0 unspecified atom stereocenters. The van der Waals surface area contributed by atoms with Crippen LogP contribution in [0, 0.1) is 0 Å². The Labute approximate surface area is 184 Å². The van der Waals surface area contributed by atoms with Crippen LogP contribution in [0.4, 0.5) is 0 Å². The van der Waals surface area contributed by atoms with E-state index in [1.165, 1.54) is 23.4 Å². The summed E-state index contributed by atoms with van der Waals surface area (Å²) in [5, 5.41) is 18.9. The predicted molar refractivity (Wildman–Crippen MR) is 122 cm³/mol. The van der Waals surface area contributed by atoms with Gasteiger partial charge < -0.3 is 9.52 Å². The van der Waals surface area contributed by atoms with E-state index in [-0.39, 0.29) is 5.41 Å². The molecule has 0 aliphatic carbocycles. The first-order valence-electron chi connectivity index (χ1n) is 9.88. The van der Waals surface area contributed by atoms with Crippen molar-refractivity contribution >= 4 is 11.8 Å². The Kier molecular flexibility index (Phi) is 5.69. The van der Waals surface area contributed by atoms with Gasteiger partial charge in [-0.15, -0.1) is 10.2 Å². The number of para-hydroxylation sites is 1. The normalized spacial score (nSPS) is 11.6. The second-order valence-electron chi connectivity index (χ2n) is 8.19. The SMILES string of the molecule is CC(C)(C)c1ccc(-c2nnc(SCc3cc(=O)c(O)co3)n2-c2ccccc2)cc1. The molecule has 6 nitrogen and oxygen atoms in total. The number of hydrogen-bond donors (Lipinski definition) is 1. The molecule has 0 amide bonds. The van der Waals surface area contributed by atoms with Crippen LogP contribution in [-0.2, 0) is 11.2 Å². The highest BCUT2D eigenvalue weighted by molar-refractivity contribution is 7.98. The molecule has 4 aromatic rings. The van der Waals surface area contributed by atoms with E-state index in [0.717, 1.165) is 23.3 Å². The maximum atomic E-state index is 11.7. The van der Waals surface area contributed by atoms with E-state index in [1.807, 2.05) is 34.9 Å². The number of benzene rings is 2. The van der Waals surface area contributed by atoms with Gasteiger partial charge in [0.2, 0.25) is 5.43 Å². The second kappa shape index (κ2) is 8.43. The van der Waals surface area contributed by atoms with E-state index >= 15 is 0 Å². The fourth-order valence-corrected chi connectivity index (χ4v) is 3.98. The van der Waals surface area contributed by atoms with Crippen molar-refractivity contribution in [2.75, 3.05) is 0 Å². The maximum absolute atomic E-state index is 11.7. The summed E-state index contributed by atoms with van der Waals surface area (Å²) in [5.41, 5.74) is 2.76. The van der Waals surface area contributed by atoms with Gasteiger partial charge in [0, 0.05) is 17.3 Å². The summed E-state index contributed by atoms with van der Waals surface area (Å²) in [7, 11) is 0. The largest absolute Gasteiger partial charge is 0.502 e. The van der Waals surface area contributed by atoms with Crippen molar-refractivity contribution in [1.29, 1.82) is 0 Å². The van der Waals surface area contributed by atoms with Gasteiger partial charge in [0.05, 0.1) is 5.75 Å². The zero-order valence-electron chi connectivity index (χ0n) is 17.6. The van der Waals surface area contributed by atoms with Crippen LogP contribution >= 0.6 is 11.8 Å². The van der Waals surface area contributed by atoms with E-state index in [4.69, 9.17) is 4.42 Å². The van der Waals surface area contributed by atoms with E-state index in [9.17, 15) is 9.90 Å². The molecule has 2 aromatic heterocycles. The van der Waals surface area contributed by atoms with Crippen molar-refractivity contribution in [3.05, 3.63) is 88.5 Å². The van der Waals surface area contributed by atoms with Gasteiger partial charge in [0.25, 0.3) is 0 Å². The summed E-state index contributed by atoms with van der Waals surface area (Å²) in [6.07, 6.45) is 1.06. The molecule has 2 heterocycles. The van der Waals surface area contributed by atoms with Crippen LogP contribution in [0.3, 0.4) is 0 Å². The van der Waals surface area contributed by atoms with Crippen molar-refractivity contribution in [3.8, 4) is 22.8 Å². The maximum Gasteiger partial charge on any atom is 0.226 e. The predicted octanol–water partition coefficient (Wildman–Crippen LogP) is 5.18. The van der Waals surface area contributed by atoms with Crippen LogP contribution in [0.1, 0.15) is 32.1 Å². The van der Waals surface area contributed by atoms with Crippen molar-refractivity contribution < 1.29 is 9.52 Å². The number of nitrogens with zero attached hydrogens (tertiary/aromatic N) is 3. The third-order valence-electron chi connectivity index (χ3n) is 4.87. The Balaban J connectivity index is 1.70. The number of aromatic nitrogens is 3. The minimum Gasteiger partial charge on any atom is -0.502 e. The molecule has 4 rings (SSSR count). The highest BCUT2D eigenvalue weighted by atomic mass is 32.2. The smallest absolute Gasteiger partial charge is 0.226 e. The van der Waals surface area contributed by atoms with Crippen LogP contribution in [0.5, 0.6) is 5.75 Å². The molecule has 31 heavy (non-hydrogen) atoms. The van der Waals surface area contributed by atoms with Gasteiger partial charge >= 0.3 is 0 Å². The van der Waals surface area contributed by atoms with Gasteiger partial charge in [0.1, 0.15) is 12.0 Å². The standard InChI is InChI=1S/C24H23N3O3S/c1-24(2,3)17-11-9-16(10-12-17)22-25-26-23(27(22)18-7-5-4-6-8-18)31-15-19-13-20(28)21(29)14-30-19/h4-14,29H,15H2,1-3H3. The molecule has 0 saturated heterocycles. The van der Waals surface area contributed by atoms with Crippen LogP contribution in [0.25, 0.3) is 17.1 Å². The average Bonchev–Trinajstić information content (AvgIpc) is 3.18. The van der Waals surface area contributed by atoms with Crippen LogP contribution in [0.2, 0.25) is 0 Å². The molecule has 0 saturated carbocycles. The monoisotopic (exact) mass is 433 g/mol. The Bertz CT molecular complexity index is 1240.